The first-order chi connectivity index (χ1) is 6.69. The first kappa shape index (κ1) is 10.8. The number of hydrogen-bond donors (Lipinski definition) is 0. The molecule has 2 nitrogen and oxygen atoms in total. The van der Waals surface area contributed by atoms with Crippen molar-refractivity contribution in [2.45, 2.75) is 27.2 Å². The number of aryl methyl sites for hydroxylation is 2. The number of carbonyl (C=O) groups excluding carboxylic acids is 1. The van der Waals surface area contributed by atoms with Crippen LogP contribution in [-0.2, 0) is 0 Å². The van der Waals surface area contributed by atoms with Crippen molar-refractivity contribution in [2.75, 3.05) is 6.61 Å². The van der Waals surface area contributed by atoms with Crippen molar-refractivity contribution in [3.8, 4) is 5.75 Å². The molecule has 0 atom stereocenters. The van der Waals surface area contributed by atoms with E-state index >= 15 is 0 Å². The average Bonchev–Trinajstić information content (AvgIpc) is 2.14. The van der Waals surface area contributed by atoms with Gasteiger partial charge in [-0.2, -0.15) is 0 Å². The molecule has 0 unspecified atom stereocenters. The van der Waals surface area contributed by atoms with Gasteiger partial charge in [0, 0.05) is 0 Å². The molecular formula is C12H16O2. The van der Waals surface area contributed by atoms with Crippen LogP contribution in [0.15, 0.2) is 12.1 Å². The lowest BCUT2D eigenvalue weighted by Crippen LogP contribution is -2.00. The molecule has 1 rings (SSSR count). The molecule has 1 aromatic rings. The van der Waals surface area contributed by atoms with Crippen molar-refractivity contribution < 1.29 is 9.53 Å². The van der Waals surface area contributed by atoms with Crippen molar-refractivity contribution in [2.24, 2.45) is 0 Å². The molecule has 0 spiro atoms. The Morgan fingerprint density at radius 3 is 2.64 bits per heavy atom. The highest BCUT2D eigenvalue weighted by atomic mass is 16.5. The van der Waals surface area contributed by atoms with E-state index in [1.54, 1.807) is 0 Å². The summed E-state index contributed by atoms with van der Waals surface area (Å²) in [6, 6.07) is 3.90. The topological polar surface area (TPSA) is 26.3 Å². The first-order valence-electron chi connectivity index (χ1n) is 4.88. The Morgan fingerprint density at radius 1 is 1.36 bits per heavy atom. The molecule has 0 bridgehead atoms. The molecule has 0 amide bonds. The molecule has 0 saturated heterocycles. The zero-order chi connectivity index (χ0) is 10.6. The van der Waals surface area contributed by atoms with E-state index in [1.807, 2.05) is 32.9 Å². The number of carbonyl (C=O) groups is 1. The Kier molecular flexibility index (Phi) is 3.69. The first-order valence-corrected chi connectivity index (χ1v) is 4.88. The van der Waals surface area contributed by atoms with Crippen LogP contribution in [0.3, 0.4) is 0 Å². The maximum Gasteiger partial charge on any atom is 0.154 e. The summed E-state index contributed by atoms with van der Waals surface area (Å²) in [5.74, 6) is 0.708. The van der Waals surface area contributed by atoms with Crippen LogP contribution < -0.4 is 4.74 Å². The molecule has 0 saturated carbocycles. The number of hydrogen-bond acceptors (Lipinski definition) is 2. The lowest BCUT2D eigenvalue weighted by atomic mass is 10.1. The molecule has 0 heterocycles. The third-order valence-corrected chi connectivity index (χ3v) is 2.07. The van der Waals surface area contributed by atoms with Gasteiger partial charge < -0.3 is 4.74 Å². The van der Waals surface area contributed by atoms with Crippen LogP contribution in [0.2, 0.25) is 0 Å². The van der Waals surface area contributed by atoms with Gasteiger partial charge in [0.2, 0.25) is 0 Å². The molecule has 76 valence electrons. The van der Waals surface area contributed by atoms with Crippen molar-refractivity contribution >= 4 is 6.29 Å². The van der Waals surface area contributed by atoms with E-state index in [2.05, 4.69) is 0 Å². The lowest BCUT2D eigenvalue weighted by molar-refractivity contribution is 0.111. The molecule has 0 N–H and O–H groups in total. The van der Waals surface area contributed by atoms with Crippen molar-refractivity contribution in [3.05, 3.63) is 28.8 Å². The van der Waals surface area contributed by atoms with Crippen LogP contribution in [0.25, 0.3) is 0 Å². The Morgan fingerprint density at radius 2 is 2.07 bits per heavy atom. The summed E-state index contributed by atoms with van der Waals surface area (Å²) in [7, 11) is 0. The molecule has 0 fully saturated rings. The summed E-state index contributed by atoms with van der Waals surface area (Å²) in [6.45, 7) is 6.63. The van der Waals surface area contributed by atoms with Gasteiger partial charge in [0.25, 0.3) is 0 Å². The van der Waals surface area contributed by atoms with E-state index in [-0.39, 0.29) is 0 Å². The zero-order valence-electron chi connectivity index (χ0n) is 8.96. The van der Waals surface area contributed by atoms with Gasteiger partial charge in [0.05, 0.1) is 12.2 Å². The van der Waals surface area contributed by atoms with E-state index in [9.17, 15) is 4.79 Å². The summed E-state index contributed by atoms with van der Waals surface area (Å²) in [5.41, 5.74) is 2.77. The molecule has 0 aliphatic rings. The van der Waals surface area contributed by atoms with Crippen LogP contribution >= 0.6 is 0 Å². The van der Waals surface area contributed by atoms with Crippen LogP contribution in [0.5, 0.6) is 5.75 Å². The Hall–Kier alpha value is -1.31. The highest BCUT2D eigenvalue weighted by Crippen LogP contribution is 2.22. The standard InChI is InChI=1S/C12H16O2/c1-4-5-14-12-7-9(2)6-10(3)11(12)8-13/h6-8H,4-5H2,1-3H3. The second kappa shape index (κ2) is 4.80. The van der Waals surface area contributed by atoms with E-state index in [1.165, 1.54) is 0 Å². The second-order valence-corrected chi connectivity index (χ2v) is 3.46. The average molecular weight is 192 g/mol. The number of aldehydes is 1. The van der Waals surface area contributed by atoms with Gasteiger partial charge in [-0.1, -0.05) is 13.0 Å². The summed E-state index contributed by atoms with van der Waals surface area (Å²) < 4.78 is 5.51. The normalized spacial score (nSPS) is 9.93. The fourth-order valence-electron chi connectivity index (χ4n) is 1.42. The maximum atomic E-state index is 10.8. The molecule has 0 aliphatic heterocycles. The highest BCUT2D eigenvalue weighted by Gasteiger charge is 2.06. The Balaban J connectivity index is 3.05. The fraction of sp³-hybridized carbons (Fsp3) is 0.417. The van der Waals surface area contributed by atoms with Gasteiger partial charge in [0.1, 0.15) is 5.75 Å². The minimum Gasteiger partial charge on any atom is -0.493 e. The van der Waals surface area contributed by atoms with Gasteiger partial charge in [-0.25, -0.2) is 0 Å². The van der Waals surface area contributed by atoms with Gasteiger partial charge in [0.15, 0.2) is 6.29 Å². The molecule has 2 heteroatoms. The smallest absolute Gasteiger partial charge is 0.154 e. The van der Waals surface area contributed by atoms with Crippen LogP contribution in [0, 0.1) is 13.8 Å². The number of ether oxygens (including phenoxy) is 1. The predicted molar refractivity (Wildman–Crippen MR) is 57.1 cm³/mol. The fourth-order valence-corrected chi connectivity index (χ4v) is 1.42. The minimum absolute atomic E-state index is 0.656. The summed E-state index contributed by atoms with van der Waals surface area (Å²) in [5, 5.41) is 0. The zero-order valence-corrected chi connectivity index (χ0v) is 8.96. The second-order valence-electron chi connectivity index (χ2n) is 3.46. The van der Waals surface area contributed by atoms with Crippen LogP contribution in [-0.4, -0.2) is 12.9 Å². The van der Waals surface area contributed by atoms with Gasteiger partial charge in [-0.05, 0) is 37.5 Å². The summed E-state index contributed by atoms with van der Waals surface area (Å²) >= 11 is 0. The van der Waals surface area contributed by atoms with Crippen molar-refractivity contribution in [3.63, 3.8) is 0 Å². The third-order valence-electron chi connectivity index (χ3n) is 2.07. The van der Waals surface area contributed by atoms with E-state index in [0.29, 0.717) is 17.9 Å². The SMILES string of the molecule is CCCOc1cc(C)cc(C)c1C=O. The number of rotatable bonds is 4. The quantitative estimate of drug-likeness (QED) is 0.686. The maximum absolute atomic E-state index is 10.8. The molecular weight excluding hydrogens is 176 g/mol. The third kappa shape index (κ3) is 2.34. The Bertz CT molecular complexity index is 329. The van der Waals surface area contributed by atoms with Crippen LogP contribution in [0.1, 0.15) is 34.8 Å². The van der Waals surface area contributed by atoms with Gasteiger partial charge in [-0.3, -0.25) is 4.79 Å². The molecule has 14 heavy (non-hydrogen) atoms. The summed E-state index contributed by atoms with van der Waals surface area (Å²) in [4.78, 5) is 10.8. The van der Waals surface area contributed by atoms with Gasteiger partial charge in [-0.15, -0.1) is 0 Å². The largest absolute Gasteiger partial charge is 0.493 e. The van der Waals surface area contributed by atoms with E-state index in [4.69, 9.17) is 4.74 Å². The Labute approximate surface area is 84.9 Å². The van der Waals surface area contributed by atoms with E-state index in [0.717, 1.165) is 23.8 Å². The monoisotopic (exact) mass is 192 g/mol. The molecule has 0 aliphatic carbocycles. The predicted octanol–water partition coefficient (Wildman–Crippen LogP) is 2.90. The molecule has 1 aromatic carbocycles. The molecule has 0 aromatic heterocycles. The van der Waals surface area contributed by atoms with Crippen molar-refractivity contribution in [1.82, 2.24) is 0 Å². The lowest BCUT2D eigenvalue weighted by Gasteiger charge is -2.10. The van der Waals surface area contributed by atoms with Gasteiger partial charge >= 0.3 is 0 Å². The van der Waals surface area contributed by atoms with Crippen LogP contribution in [0.4, 0.5) is 0 Å². The molecule has 0 radical (unpaired) electrons. The van der Waals surface area contributed by atoms with E-state index < -0.39 is 0 Å². The minimum atomic E-state index is 0.656. The summed E-state index contributed by atoms with van der Waals surface area (Å²) in [6.07, 6.45) is 1.81. The number of benzene rings is 1. The highest BCUT2D eigenvalue weighted by molar-refractivity contribution is 5.81. The van der Waals surface area contributed by atoms with Crippen molar-refractivity contribution in [1.29, 1.82) is 0 Å².